The van der Waals surface area contributed by atoms with E-state index in [9.17, 15) is 4.79 Å². The summed E-state index contributed by atoms with van der Waals surface area (Å²) in [7, 11) is 4.66. The Balaban J connectivity index is 2.56. The van der Waals surface area contributed by atoms with Crippen molar-refractivity contribution < 1.29 is 14.3 Å². The van der Waals surface area contributed by atoms with Gasteiger partial charge in [-0.1, -0.05) is 28.1 Å². The van der Waals surface area contributed by atoms with E-state index in [2.05, 4.69) is 26.6 Å². The monoisotopic (exact) mass is 431 g/mol. The van der Waals surface area contributed by atoms with Crippen LogP contribution < -0.4 is 20.1 Å². The summed E-state index contributed by atoms with van der Waals surface area (Å²) in [6, 6.07) is 10.8. The number of amides is 2. The quantitative estimate of drug-likeness (QED) is 0.599. The van der Waals surface area contributed by atoms with E-state index in [1.807, 2.05) is 24.3 Å². The van der Waals surface area contributed by atoms with Crippen LogP contribution in [0.25, 0.3) is 6.08 Å². The molecular weight excluding hydrogens is 410 g/mol. The number of methoxy groups -OCH3 is 2. The molecule has 0 bridgehead atoms. The lowest BCUT2D eigenvalue weighted by Crippen LogP contribution is -2.31. The van der Waals surface area contributed by atoms with Crippen LogP contribution in [0.1, 0.15) is 23.6 Å². The molecule has 7 heteroatoms. The number of ether oxygens (including phenoxy) is 2. The van der Waals surface area contributed by atoms with Crippen LogP contribution in [-0.2, 0) is 0 Å². The summed E-state index contributed by atoms with van der Waals surface area (Å²) in [5.74, 6) is 1.08. The SMILES string of the molecule is CNC(=O)N/C(C)=C\c1cc(OC)c(OC)cc1C(=N)c1ccc(Br)cc1. The van der Waals surface area contributed by atoms with Gasteiger partial charge in [-0.25, -0.2) is 4.79 Å². The highest BCUT2D eigenvalue weighted by Crippen LogP contribution is 2.32. The summed E-state index contributed by atoms with van der Waals surface area (Å²) in [5, 5.41) is 13.9. The minimum absolute atomic E-state index is 0.311. The van der Waals surface area contributed by atoms with Gasteiger partial charge in [-0.15, -0.1) is 0 Å². The fourth-order valence-electron chi connectivity index (χ4n) is 2.51. The van der Waals surface area contributed by atoms with Crippen molar-refractivity contribution in [2.45, 2.75) is 6.92 Å². The van der Waals surface area contributed by atoms with Gasteiger partial charge in [0, 0.05) is 28.3 Å². The molecule has 0 atom stereocenters. The fourth-order valence-corrected chi connectivity index (χ4v) is 2.78. The maximum Gasteiger partial charge on any atom is 0.318 e. The number of hydrogen-bond acceptors (Lipinski definition) is 4. The Bertz CT molecular complexity index is 877. The molecule has 2 aromatic carbocycles. The van der Waals surface area contributed by atoms with Crippen molar-refractivity contribution in [3.05, 3.63) is 63.3 Å². The molecule has 0 radical (unpaired) electrons. The van der Waals surface area contributed by atoms with E-state index in [0.29, 0.717) is 28.5 Å². The van der Waals surface area contributed by atoms with Crippen LogP contribution in [0, 0.1) is 5.41 Å². The molecule has 0 saturated heterocycles. The van der Waals surface area contributed by atoms with Crippen molar-refractivity contribution in [2.24, 2.45) is 0 Å². The standard InChI is InChI=1S/C20H22BrN3O3/c1-12(24-20(25)23-2)9-14-10-17(26-3)18(27-4)11-16(14)19(22)13-5-7-15(21)8-6-13/h5-11,22H,1-4H3,(H2,23,24,25)/b12-9-,22-19?. The number of hydrogen-bond donors (Lipinski definition) is 3. The van der Waals surface area contributed by atoms with E-state index in [0.717, 1.165) is 15.6 Å². The average Bonchev–Trinajstić information content (AvgIpc) is 2.67. The van der Waals surface area contributed by atoms with Crippen molar-refractivity contribution >= 4 is 33.7 Å². The number of halogens is 1. The van der Waals surface area contributed by atoms with Gasteiger partial charge in [0.25, 0.3) is 0 Å². The lowest BCUT2D eigenvalue weighted by atomic mass is 9.96. The smallest absolute Gasteiger partial charge is 0.318 e. The highest BCUT2D eigenvalue weighted by molar-refractivity contribution is 9.10. The molecule has 2 aromatic rings. The van der Waals surface area contributed by atoms with Gasteiger partial charge in [-0.2, -0.15) is 0 Å². The molecule has 0 aromatic heterocycles. The third-order valence-corrected chi connectivity index (χ3v) is 4.40. The maximum absolute atomic E-state index is 11.6. The first-order valence-corrected chi connectivity index (χ1v) is 8.96. The topological polar surface area (TPSA) is 83.4 Å². The highest BCUT2D eigenvalue weighted by atomic mass is 79.9. The molecule has 0 saturated carbocycles. The van der Waals surface area contributed by atoms with Gasteiger partial charge in [0.05, 0.1) is 19.9 Å². The molecule has 0 aliphatic rings. The number of allylic oxidation sites excluding steroid dienone is 1. The van der Waals surface area contributed by atoms with Crippen LogP contribution in [0.4, 0.5) is 4.79 Å². The Hall–Kier alpha value is -2.80. The molecule has 142 valence electrons. The van der Waals surface area contributed by atoms with Crippen LogP contribution in [0.15, 0.2) is 46.6 Å². The van der Waals surface area contributed by atoms with Crippen LogP contribution in [0.5, 0.6) is 11.5 Å². The van der Waals surface area contributed by atoms with Gasteiger partial charge < -0.3 is 20.1 Å². The fraction of sp³-hybridized carbons (Fsp3) is 0.200. The molecule has 0 aliphatic carbocycles. The first kappa shape index (κ1) is 20.5. The Morgan fingerprint density at radius 3 is 2.26 bits per heavy atom. The van der Waals surface area contributed by atoms with E-state index in [1.54, 1.807) is 46.4 Å². The van der Waals surface area contributed by atoms with Crippen LogP contribution in [-0.4, -0.2) is 33.0 Å². The van der Waals surface area contributed by atoms with E-state index in [-0.39, 0.29) is 6.03 Å². The van der Waals surface area contributed by atoms with Gasteiger partial charge >= 0.3 is 6.03 Å². The lowest BCUT2D eigenvalue weighted by Gasteiger charge is -2.15. The van der Waals surface area contributed by atoms with E-state index in [4.69, 9.17) is 14.9 Å². The average molecular weight is 432 g/mol. The second kappa shape index (κ2) is 9.23. The zero-order valence-electron chi connectivity index (χ0n) is 15.6. The molecule has 0 unspecified atom stereocenters. The third-order valence-electron chi connectivity index (χ3n) is 3.87. The summed E-state index contributed by atoms with van der Waals surface area (Å²) in [6.07, 6.45) is 1.79. The third kappa shape index (κ3) is 5.10. The predicted octanol–water partition coefficient (Wildman–Crippen LogP) is 4.17. The highest BCUT2D eigenvalue weighted by Gasteiger charge is 2.15. The Labute approximate surface area is 167 Å². The van der Waals surface area contributed by atoms with Crippen molar-refractivity contribution in [2.75, 3.05) is 21.3 Å². The summed E-state index contributed by atoms with van der Waals surface area (Å²) in [4.78, 5) is 11.6. The molecule has 0 spiro atoms. The lowest BCUT2D eigenvalue weighted by molar-refractivity contribution is 0.245. The maximum atomic E-state index is 11.6. The second-order valence-corrected chi connectivity index (χ2v) is 6.62. The van der Waals surface area contributed by atoms with Gasteiger partial charge in [0.1, 0.15) is 0 Å². The molecular formula is C20H22BrN3O3. The zero-order chi connectivity index (χ0) is 20.0. The summed E-state index contributed by atoms with van der Waals surface area (Å²) in [6.45, 7) is 1.78. The van der Waals surface area contributed by atoms with Gasteiger partial charge in [-0.05, 0) is 42.8 Å². The van der Waals surface area contributed by atoms with Crippen molar-refractivity contribution in [3.63, 3.8) is 0 Å². The van der Waals surface area contributed by atoms with Crippen molar-refractivity contribution in [3.8, 4) is 11.5 Å². The first-order valence-electron chi connectivity index (χ1n) is 8.17. The van der Waals surface area contributed by atoms with E-state index < -0.39 is 0 Å². The zero-order valence-corrected chi connectivity index (χ0v) is 17.2. The number of carbonyl (C=O) groups is 1. The van der Waals surface area contributed by atoms with Crippen LogP contribution in [0.2, 0.25) is 0 Å². The largest absolute Gasteiger partial charge is 0.493 e. The summed E-state index contributed by atoms with van der Waals surface area (Å²) >= 11 is 3.41. The number of urea groups is 1. The number of rotatable bonds is 6. The Kier molecular flexibility index (Phi) is 7.01. The van der Waals surface area contributed by atoms with Crippen LogP contribution in [0.3, 0.4) is 0 Å². The van der Waals surface area contributed by atoms with Gasteiger partial charge in [0.2, 0.25) is 0 Å². The summed E-state index contributed by atoms with van der Waals surface area (Å²) < 4.78 is 11.7. The Morgan fingerprint density at radius 1 is 1.11 bits per heavy atom. The predicted molar refractivity (Wildman–Crippen MR) is 111 cm³/mol. The first-order chi connectivity index (χ1) is 12.9. The molecule has 2 rings (SSSR count). The molecule has 0 fully saturated rings. The normalized spacial score (nSPS) is 10.9. The Morgan fingerprint density at radius 2 is 1.70 bits per heavy atom. The number of benzene rings is 2. The molecule has 3 N–H and O–H groups in total. The molecule has 2 amide bonds. The minimum atomic E-state index is -0.311. The van der Waals surface area contributed by atoms with E-state index >= 15 is 0 Å². The number of carbonyl (C=O) groups excluding carboxylic acids is 1. The van der Waals surface area contributed by atoms with Crippen molar-refractivity contribution in [1.82, 2.24) is 10.6 Å². The minimum Gasteiger partial charge on any atom is -0.493 e. The number of nitrogens with one attached hydrogen (secondary N) is 3. The van der Waals surface area contributed by atoms with Gasteiger partial charge in [-0.3, -0.25) is 5.41 Å². The molecule has 6 nitrogen and oxygen atoms in total. The van der Waals surface area contributed by atoms with Crippen LogP contribution >= 0.6 is 15.9 Å². The molecule has 0 heterocycles. The molecule has 0 aliphatic heterocycles. The second-order valence-electron chi connectivity index (χ2n) is 5.71. The van der Waals surface area contributed by atoms with Gasteiger partial charge in [0.15, 0.2) is 11.5 Å². The summed E-state index contributed by atoms with van der Waals surface area (Å²) in [5.41, 5.74) is 3.12. The van der Waals surface area contributed by atoms with Crippen molar-refractivity contribution in [1.29, 1.82) is 5.41 Å². The molecule has 27 heavy (non-hydrogen) atoms. The van der Waals surface area contributed by atoms with E-state index in [1.165, 1.54) is 0 Å².